The smallest absolute Gasteiger partial charge is 0.324 e. The Hall–Kier alpha value is 0.682. The van der Waals surface area contributed by atoms with Gasteiger partial charge in [-0.05, 0) is 12.8 Å². The Morgan fingerprint density at radius 3 is 2.23 bits per heavy atom. The maximum Gasteiger partial charge on any atom is 0.328 e. The molecule has 0 saturated heterocycles. The van der Waals surface area contributed by atoms with Crippen LogP contribution >= 0.6 is 7.60 Å². The zero-order chi connectivity index (χ0) is 9.45. The van der Waals surface area contributed by atoms with E-state index in [1.165, 1.54) is 0 Å². The minimum Gasteiger partial charge on any atom is -0.324 e. The number of hydrogen-bond donors (Lipinski definition) is 1. The summed E-state index contributed by atoms with van der Waals surface area (Å²) in [4.78, 5) is 9.21. The van der Waals surface area contributed by atoms with Crippen molar-refractivity contribution in [3.8, 4) is 0 Å². The van der Waals surface area contributed by atoms with Crippen LogP contribution in [-0.4, -0.2) is 35.0 Å². The van der Waals surface area contributed by atoms with E-state index in [2.05, 4.69) is 0 Å². The van der Waals surface area contributed by atoms with E-state index in [4.69, 9.17) is 4.52 Å². The molecule has 0 aromatic rings. The Morgan fingerprint density at radius 2 is 1.77 bits per heavy atom. The summed E-state index contributed by atoms with van der Waals surface area (Å²) in [5, 5.41) is 0. The van der Waals surface area contributed by atoms with Gasteiger partial charge < -0.3 is 9.42 Å². The normalized spacial score (nSPS) is 14.7. The van der Waals surface area contributed by atoms with Gasteiger partial charge in [0.15, 0.2) is 0 Å². The van der Waals surface area contributed by atoms with Crippen molar-refractivity contribution in [1.29, 1.82) is 0 Å². The zero-order valence-corrected chi connectivity index (χ0v) is 10.6. The van der Waals surface area contributed by atoms with E-state index in [0.29, 0.717) is 12.8 Å². The third kappa shape index (κ3) is 10.6. The Morgan fingerprint density at radius 1 is 1.23 bits per heavy atom. The van der Waals surface area contributed by atoms with Gasteiger partial charge in [0.05, 0.1) is 6.61 Å². The van der Waals surface area contributed by atoms with E-state index in [1.54, 1.807) is 0 Å². The van der Waals surface area contributed by atoms with E-state index in [0.717, 1.165) is 25.7 Å². The van der Waals surface area contributed by atoms with Gasteiger partial charge in [0.2, 0.25) is 0 Å². The van der Waals surface area contributed by atoms with E-state index >= 15 is 0 Å². The Bertz CT molecular complexity index is 152. The summed E-state index contributed by atoms with van der Waals surface area (Å²) in [6.07, 6.45) is 3.85. The zero-order valence-electron chi connectivity index (χ0n) is 8.53. The highest BCUT2D eigenvalue weighted by molar-refractivity contribution is 7.52. The fourth-order valence-electron chi connectivity index (χ4n) is 0.774. The largest absolute Gasteiger partial charge is 0.328 e. The van der Waals surface area contributed by atoms with Crippen LogP contribution in [0.25, 0.3) is 0 Å². The molecule has 1 atom stereocenters. The van der Waals surface area contributed by atoms with Crippen LogP contribution in [0.5, 0.6) is 0 Å². The molecule has 3 nitrogen and oxygen atoms in total. The van der Waals surface area contributed by atoms with Crippen molar-refractivity contribution < 1.29 is 14.0 Å². The van der Waals surface area contributed by atoms with Gasteiger partial charge in [0.25, 0.3) is 0 Å². The van der Waals surface area contributed by atoms with Crippen LogP contribution in [0.1, 0.15) is 39.5 Å². The summed E-state index contributed by atoms with van der Waals surface area (Å²) < 4.78 is 16.1. The Kier molecular flexibility index (Phi) is 11.5. The van der Waals surface area contributed by atoms with Gasteiger partial charge in [-0.15, -0.1) is 0 Å². The molecule has 0 spiro atoms. The monoisotopic (exact) mass is 221 g/mol. The molecule has 0 rings (SSSR count). The summed E-state index contributed by atoms with van der Waals surface area (Å²) in [5.41, 5.74) is 0. The molecule has 0 aliphatic rings. The van der Waals surface area contributed by atoms with Crippen molar-refractivity contribution in [3.05, 3.63) is 0 Å². The molecular formula is C8H19AlO3P. The van der Waals surface area contributed by atoms with Crippen molar-refractivity contribution in [1.82, 2.24) is 0 Å². The summed E-state index contributed by atoms with van der Waals surface area (Å²) in [6, 6.07) is 0. The molecule has 1 unspecified atom stereocenters. The van der Waals surface area contributed by atoms with Crippen LogP contribution in [-0.2, 0) is 9.09 Å². The number of unbranched alkanes of at least 4 members (excludes halogenated alkanes) is 2. The van der Waals surface area contributed by atoms with Gasteiger partial charge in [0.1, 0.15) is 0 Å². The van der Waals surface area contributed by atoms with Gasteiger partial charge in [-0.1, -0.05) is 26.7 Å². The molecular weight excluding hydrogens is 202 g/mol. The highest BCUT2D eigenvalue weighted by Crippen LogP contribution is 2.42. The fraction of sp³-hybridized carbons (Fsp3) is 1.00. The van der Waals surface area contributed by atoms with Crippen molar-refractivity contribution in [2.24, 2.45) is 0 Å². The Labute approximate surface area is 91.5 Å². The average Bonchev–Trinajstić information content (AvgIpc) is 2.01. The highest BCUT2D eigenvalue weighted by atomic mass is 31.2. The van der Waals surface area contributed by atoms with Crippen LogP contribution in [0.4, 0.5) is 0 Å². The van der Waals surface area contributed by atoms with Crippen molar-refractivity contribution in [2.75, 3.05) is 12.8 Å². The summed E-state index contributed by atoms with van der Waals surface area (Å²) >= 11 is 0. The molecule has 0 aromatic carbocycles. The molecule has 0 heterocycles. The molecule has 1 N–H and O–H groups in total. The van der Waals surface area contributed by atoms with Gasteiger partial charge in [0, 0.05) is 23.5 Å². The lowest BCUT2D eigenvalue weighted by Gasteiger charge is -2.10. The topological polar surface area (TPSA) is 46.5 Å². The van der Waals surface area contributed by atoms with Crippen LogP contribution in [0, 0.1) is 0 Å². The average molecular weight is 221 g/mol. The molecule has 0 saturated carbocycles. The second kappa shape index (κ2) is 9.25. The second-order valence-electron chi connectivity index (χ2n) is 2.90. The van der Waals surface area contributed by atoms with Gasteiger partial charge in [-0.2, -0.15) is 0 Å². The first kappa shape index (κ1) is 16.1. The lowest BCUT2D eigenvalue weighted by Crippen LogP contribution is -1.96. The molecule has 13 heavy (non-hydrogen) atoms. The van der Waals surface area contributed by atoms with Crippen LogP contribution in [0.2, 0.25) is 0 Å². The molecule has 5 heteroatoms. The molecule has 3 radical (unpaired) electrons. The summed E-state index contributed by atoms with van der Waals surface area (Å²) in [5.74, 6) is 0. The number of hydrogen-bond acceptors (Lipinski definition) is 2. The first-order chi connectivity index (χ1) is 5.62. The second-order valence-corrected chi connectivity index (χ2v) is 4.88. The maximum atomic E-state index is 11.2. The molecule has 0 aliphatic heterocycles. The third-order valence-electron chi connectivity index (χ3n) is 1.59. The summed E-state index contributed by atoms with van der Waals surface area (Å²) in [6.45, 7) is 4.43. The van der Waals surface area contributed by atoms with E-state index < -0.39 is 7.60 Å². The number of rotatable bonds is 7. The molecule has 0 fully saturated rings. The summed E-state index contributed by atoms with van der Waals surface area (Å²) in [7, 11) is -3.24. The van der Waals surface area contributed by atoms with E-state index in [9.17, 15) is 9.46 Å². The minimum atomic E-state index is -3.24. The standard InChI is InChI=1S/C8H19O3P.Al/c1-3-5-7-11-12(9,10)8-6-4-2;/h3-8H2,1-2H3,(H,9,10);. The first-order valence-electron chi connectivity index (χ1n) is 4.58. The predicted molar refractivity (Wildman–Crippen MR) is 56.2 cm³/mol. The molecule has 0 aliphatic carbocycles. The SMILES string of the molecule is CCCCOP(=O)(O)CCCC.[Al]. The molecule has 77 valence electrons. The van der Waals surface area contributed by atoms with Gasteiger partial charge in [-0.3, -0.25) is 4.57 Å². The lowest BCUT2D eigenvalue weighted by molar-refractivity contribution is 0.254. The first-order valence-corrected chi connectivity index (χ1v) is 6.35. The molecule has 0 bridgehead atoms. The fourth-order valence-corrected chi connectivity index (χ4v) is 2.03. The maximum absolute atomic E-state index is 11.2. The van der Waals surface area contributed by atoms with E-state index in [1.807, 2.05) is 13.8 Å². The predicted octanol–water partition coefficient (Wildman–Crippen LogP) is 2.41. The van der Waals surface area contributed by atoms with Gasteiger partial charge in [-0.25, -0.2) is 0 Å². The Balaban J connectivity index is 0. The van der Waals surface area contributed by atoms with Crippen molar-refractivity contribution >= 4 is 25.0 Å². The van der Waals surface area contributed by atoms with E-state index in [-0.39, 0.29) is 17.4 Å². The van der Waals surface area contributed by atoms with Crippen molar-refractivity contribution in [3.63, 3.8) is 0 Å². The van der Waals surface area contributed by atoms with Gasteiger partial charge >= 0.3 is 7.60 Å². The molecule has 0 aromatic heterocycles. The van der Waals surface area contributed by atoms with Crippen LogP contribution < -0.4 is 0 Å². The van der Waals surface area contributed by atoms with Crippen LogP contribution in [0.15, 0.2) is 0 Å². The third-order valence-corrected chi connectivity index (χ3v) is 3.05. The van der Waals surface area contributed by atoms with Crippen molar-refractivity contribution in [2.45, 2.75) is 39.5 Å². The quantitative estimate of drug-likeness (QED) is 0.408. The highest BCUT2D eigenvalue weighted by Gasteiger charge is 2.17. The lowest BCUT2D eigenvalue weighted by atomic mass is 10.4. The van der Waals surface area contributed by atoms with Crippen LogP contribution in [0.3, 0.4) is 0 Å². The molecule has 0 amide bonds. The minimum absolute atomic E-state index is 0.